The number of likely N-dealkylation sites (N-methyl/N-ethyl adjacent to an activating group) is 1. The Morgan fingerprint density at radius 3 is 2.22 bits per heavy atom. The van der Waals surface area contributed by atoms with Gasteiger partial charge < -0.3 is 15.0 Å². The Kier molecular flexibility index (Phi) is 9.24. The van der Waals surface area contributed by atoms with Gasteiger partial charge in [0.1, 0.15) is 0 Å². The van der Waals surface area contributed by atoms with Gasteiger partial charge in [0.25, 0.3) is 0 Å². The topological polar surface area (TPSA) is 96.0 Å². The number of carbonyl (C=O) groups is 2. The molecule has 1 aliphatic rings. The third kappa shape index (κ3) is 6.08. The Balaban J connectivity index is 1.98. The zero-order valence-electron chi connectivity index (χ0n) is 20.2. The van der Waals surface area contributed by atoms with Crippen LogP contribution in [0.2, 0.25) is 0 Å². The van der Waals surface area contributed by atoms with Crippen molar-refractivity contribution in [1.82, 2.24) is 14.5 Å². The summed E-state index contributed by atoms with van der Waals surface area (Å²) in [7, 11) is -0.418. The lowest BCUT2D eigenvalue weighted by Crippen LogP contribution is -2.46. The first-order valence-electron chi connectivity index (χ1n) is 11.1. The van der Waals surface area contributed by atoms with Crippen LogP contribution in [0.15, 0.2) is 11.0 Å². The van der Waals surface area contributed by atoms with Gasteiger partial charge in [0.15, 0.2) is 0 Å². The van der Waals surface area contributed by atoms with E-state index in [1.165, 1.54) is 9.21 Å². The predicted octanol–water partition coefficient (Wildman–Crippen LogP) is 1.93. The van der Waals surface area contributed by atoms with Crippen molar-refractivity contribution in [2.75, 3.05) is 46.9 Å². The third-order valence-electron chi connectivity index (χ3n) is 6.30. The van der Waals surface area contributed by atoms with Crippen LogP contribution in [0.3, 0.4) is 0 Å². The number of hydrogen-bond donors (Lipinski definition) is 1. The summed E-state index contributed by atoms with van der Waals surface area (Å²) in [6.07, 6.45) is 1.60. The highest BCUT2D eigenvalue weighted by atomic mass is 32.2. The van der Waals surface area contributed by atoms with Crippen LogP contribution in [0.1, 0.15) is 41.5 Å². The van der Waals surface area contributed by atoms with Crippen molar-refractivity contribution >= 4 is 21.8 Å². The molecule has 9 heteroatoms. The molecule has 0 unspecified atom stereocenters. The highest BCUT2D eigenvalue weighted by Gasteiger charge is 2.35. The Labute approximate surface area is 192 Å². The van der Waals surface area contributed by atoms with Crippen molar-refractivity contribution in [1.29, 1.82) is 0 Å². The van der Waals surface area contributed by atoms with Gasteiger partial charge in [-0.15, -0.1) is 0 Å². The number of benzene rings is 1. The minimum Gasteiger partial charge on any atom is -0.385 e. The van der Waals surface area contributed by atoms with Crippen LogP contribution >= 0.6 is 0 Å². The quantitative estimate of drug-likeness (QED) is 0.560. The minimum absolute atomic E-state index is 0.00864. The smallest absolute Gasteiger partial charge is 0.243 e. The SMILES string of the molecule is COCCCNC(=O)CN(C)C(=O)C1CCN(S(=O)(=O)c2c(C)c(C)cc(C)c2C)CC1. The Morgan fingerprint density at radius 1 is 1.12 bits per heavy atom. The molecule has 0 spiro atoms. The molecule has 1 aliphatic heterocycles. The molecule has 0 radical (unpaired) electrons. The van der Waals surface area contributed by atoms with E-state index in [9.17, 15) is 18.0 Å². The van der Waals surface area contributed by atoms with Gasteiger partial charge in [0.2, 0.25) is 21.8 Å². The first-order valence-corrected chi connectivity index (χ1v) is 12.5. The zero-order valence-corrected chi connectivity index (χ0v) is 21.0. The average Bonchev–Trinajstić information content (AvgIpc) is 2.75. The summed E-state index contributed by atoms with van der Waals surface area (Å²) in [5.41, 5.74) is 3.47. The van der Waals surface area contributed by atoms with E-state index < -0.39 is 10.0 Å². The normalized spacial score (nSPS) is 15.6. The Bertz CT molecular complexity index is 911. The molecule has 2 rings (SSSR count). The third-order valence-corrected chi connectivity index (χ3v) is 8.48. The summed E-state index contributed by atoms with van der Waals surface area (Å²) in [4.78, 5) is 26.6. The molecular weight excluding hydrogens is 430 g/mol. The molecule has 0 aromatic heterocycles. The van der Waals surface area contributed by atoms with Gasteiger partial charge in [-0.1, -0.05) is 6.07 Å². The molecule has 32 heavy (non-hydrogen) atoms. The molecule has 0 bridgehead atoms. The highest BCUT2D eigenvalue weighted by Crippen LogP contribution is 2.31. The van der Waals surface area contributed by atoms with E-state index in [4.69, 9.17) is 4.74 Å². The fraction of sp³-hybridized carbons (Fsp3) is 0.652. The van der Waals surface area contributed by atoms with Gasteiger partial charge in [-0.25, -0.2) is 8.42 Å². The number of amides is 2. The predicted molar refractivity (Wildman–Crippen MR) is 124 cm³/mol. The van der Waals surface area contributed by atoms with E-state index in [2.05, 4.69) is 5.32 Å². The number of rotatable bonds is 9. The molecule has 0 atom stereocenters. The molecule has 1 aromatic rings. The van der Waals surface area contributed by atoms with E-state index in [0.29, 0.717) is 50.4 Å². The fourth-order valence-electron chi connectivity index (χ4n) is 4.15. The van der Waals surface area contributed by atoms with Gasteiger partial charge in [-0.2, -0.15) is 4.31 Å². The van der Waals surface area contributed by atoms with Gasteiger partial charge in [0.05, 0.1) is 11.4 Å². The summed E-state index contributed by atoms with van der Waals surface area (Å²) in [6.45, 7) is 9.19. The molecule has 1 fully saturated rings. The number of sulfonamides is 1. The van der Waals surface area contributed by atoms with Crippen molar-refractivity contribution in [3.63, 3.8) is 0 Å². The standard InChI is InChI=1S/C23H37N3O5S/c1-16-14-17(2)19(4)22(18(16)3)32(29,30)26-11-8-20(9-12-26)23(28)25(5)15-21(27)24-10-7-13-31-6/h14,20H,7-13,15H2,1-6H3,(H,24,27). The summed E-state index contributed by atoms with van der Waals surface area (Å²) < 4.78 is 33.2. The van der Waals surface area contributed by atoms with Crippen LogP contribution < -0.4 is 5.32 Å². The maximum absolute atomic E-state index is 13.4. The molecular formula is C23H37N3O5S. The molecule has 1 N–H and O–H groups in total. The molecule has 180 valence electrons. The lowest BCUT2D eigenvalue weighted by atomic mass is 9.96. The maximum atomic E-state index is 13.4. The number of nitrogens with one attached hydrogen (secondary N) is 1. The lowest BCUT2D eigenvalue weighted by molar-refractivity contribution is -0.139. The fourth-order valence-corrected chi connectivity index (χ4v) is 6.19. The Morgan fingerprint density at radius 2 is 1.69 bits per heavy atom. The van der Waals surface area contributed by atoms with E-state index in [0.717, 1.165) is 22.3 Å². The molecule has 8 nitrogen and oxygen atoms in total. The second-order valence-corrected chi connectivity index (χ2v) is 10.5. The van der Waals surface area contributed by atoms with Gasteiger partial charge >= 0.3 is 0 Å². The molecule has 0 aliphatic carbocycles. The summed E-state index contributed by atoms with van der Waals surface area (Å²) in [5, 5.41) is 2.77. The number of hydrogen-bond acceptors (Lipinski definition) is 5. The van der Waals surface area contributed by atoms with Gasteiger partial charge in [-0.05, 0) is 69.2 Å². The van der Waals surface area contributed by atoms with Gasteiger partial charge in [-0.3, -0.25) is 9.59 Å². The molecule has 0 saturated carbocycles. The van der Waals surface area contributed by atoms with E-state index in [1.54, 1.807) is 14.2 Å². The van der Waals surface area contributed by atoms with Crippen molar-refractivity contribution in [3.05, 3.63) is 28.3 Å². The summed E-state index contributed by atoms with van der Waals surface area (Å²) >= 11 is 0. The molecule has 1 saturated heterocycles. The second-order valence-electron chi connectivity index (χ2n) is 8.66. The minimum atomic E-state index is -3.64. The number of ether oxygens (including phenoxy) is 1. The van der Waals surface area contributed by atoms with Crippen LogP contribution in [-0.2, 0) is 24.3 Å². The van der Waals surface area contributed by atoms with E-state index >= 15 is 0 Å². The van der Waals surface area contributed by atoms with Crippen molar-refractivity contribution in [2.24, 2.45) is 5.92 Å². The number of aryl methyl sites for hydroxylation is 2. The summed E-state index contributed by atoms with van der Waals surface area (Å²) in [5.74, 6) is -0.611. The monoisotopic (exact) mass is 467 g/mol. The highest BCUT2D eigenvalue weighted by molar-refractivity contribution is 7.89. The van der Waals surface area contributed by atoms with Crippen LogP contribution in [0, 0.1) is 33.6 Å². The number of nitrogens with zero attached hydrogens (tertiary/aromatic N) is 2. The zero-order chi connectivity index (χ0) is 24.1. The van der Waals surface area contributed by atoms with Gasteiger partial charge in [0, 0.05) is 46.3 Å². The van der Waals surface area contributed by atoms with Crippen molar-refractivity contribution in [3.8, 4) is 0 Å². The first-order chi connectivity index (χ1) is 15.0. The maximum Gasteiger partial charge on any atom is 0.243 e. The van der Waals surface area contributed by atoms with Crippen LogP contribution in [0.25, 0.3) is 0 Å². The molecule has 2 amide bonds. The lowest BCUT2D eigenvalue weighted by Gasteiger charge is -2.33. The largest absolute Gasteiger partial charge is 0.385 e. The van der Waals surface area contributed by atoms with Crippen molar-refractivity contribution in [2.45, 2.75) is 51.9 Å². The van der Waals surface area contributed by atoms with Crippen LogP contribution in [0.5, 0.6) is 0 Å². The first kappa shape index (κ1) is 26.3. The number of methoxy groups -OCH3 is 1. The number of carbonyl (C=O) groups excluding carboxylic acids is 2. The second kappa shape index (κ2) is 11.2. The summed E-state index contributed by atoms with van der Waals surface area (Å²) in [6, 6.07) is 2.01. The van der Waals surface area contributed by atoms with Crippen LogP contribution in [-0.4, -0.2) is 76.4 Å². The van der Waals surface area contributed by atoms with Crippen molar-refractivity contribution < 1.29 is 22.7 Å². The molecule has 1 heterocycles. The molecule has 1 aromatic carbocycles. The number of piperidine rings is 1. The van der Waals surface area contributed by atoms with E-state index in [1.807, 2.05) is 33.8 Å². The average molecular weight is 468 g/mol. The Hall–Kier alpha value is -1.97. The van der Waals surface area contributed by atoms with E-state index in [-0.39, 0.29) is 24.3 Å². The van der Waals surface area contributed by atoms with Crippen LogP contribution in [0.4, 0.5) is 0 Å².